The molecule has 5 nitrogen and oxygen atoms in total. The van der Waals surface area contributed by atoms with Crippen LogP contribution in [0.15, 0.2) is 30.6 Å². The maximum Gasteiger partial charge on any atom is 0.419 e. The van der Waals surface area contributed by atoms with Crippen molar-refractivity contribution in [2.24, 2.45) is 5.41 Å². The highest BCUT2D eigenvalue weighted by Gasteiger charge is 2.35. The van der Waals surface area contributed by atoms with Crippen molar-refractivity contribution in [3.8, 4) is 0 Å². The van der Waals surface area contributed by atoms with Crippen LogP contribution in [0.25, 0.3) is 0 Å². The molecule has 24 heavy (non-hydrogen) atoms. The van der Waals surface area contributed by atoms with E-state index in [4.69, 9.17) is 9.47 Å². The fourth-order valence-electron chi connectivity index (χ4n) is 3.01. The maximum absolute atomic E-state index is 12.5. The molecule has 1 aromatic carbocycles. The average Bonchev–Trinajstić information content (AvgIpc) is 3.02. The molecule has 1 aromatic heterocycles. The zero-order valence-electron chi connectivity index (χ0n) is 14.7. The van der Waals surface area contributed by atoms with Gasteiger partial charge in [-0.15, -0.1) is 0 Å². The Balaban J connectivity index is 1.79. The van der Waals surface area contributed by atoms with Gasteiger partial charge in [-0.2, -0.15) is 0 Å². The Morgan fingerprint density at radius 3 is 2.83 bits per heavy atom. The molecule has 0 radical (unpaired) electrons. The third kappa shape index (κ3) is 3.08. The number of nitrogens with zero attached hydrogens (tertiary/aromatic N) is 2. The summed E-state index contributed by atoms with van der Waals surface area (Å²) in [5, 5.41) is 0. The molecule has 5 heteroatoms. The highest BCUT2D eigenvalue weighted by Crippen LogP contribution is 2.29. The van der Waals surface area contributed by atoms with Crippen molar-refractivity contribution < 1.29 is 14.3 Å². The lowest BCUT2D eigenvalue weighted by molar-refractivity contribution is -0.125. The fraction of sp³-hybridized carbons (Fsp3) is 0.474. The van der Waals surface area contributed by atoms with E-state index in [1.807, 2.05) is 6.07 Å². The summed E-state index contributed by atoms with van der Waals surface area (Å²) in [6.45, 7) is 9.94. The average molecular weight is 328 g/mol. The molecule has 1 saturated heterocycles. The lowest BCUT2D eigenvalue weighted by Gasteiger charge is -2.37. The van der Waals surface area contributed by atoms with Crippen molar-refractivity contribution >= 4 is 6.09 Å². The van der Waals surface area contributed by atoms with Gasteiger partial charge in [0.1, 0.15) is 12.4 Å². The Kier molecular flexibility index (Phi) is 4.45. The molecule has 1 atom stereocenters. The van der Waals surface area contributed by atoms with Gasteiger partial charge < -0.3 is 9.47 Å². The molecular weight excluding hydrogens is 304 g/mol. The summed E-state index contributed by atoms with van der Waals surface area (Å²) in [7, 11) is 0. The Morgan fingerprint density at radius 1 is 1.42 bits per heavy atom. The number of hydrogen-bond acceptors (Lipinski definition) is 4. The number of aryl methyl sites for hydroxylation is 1. The zero-order chi connectivity index (χ0) is 17.3. The van der Waals surface area contributed by atoms with Crippen molar-refractivity contribution in [2.75, 3.05) is 19.8 Å². The maximum atomic E-state index is 12.5. The summed E-state index contributed by atoms with van der Waals surface area (Å²) in [5.41, 5.74) is 3.58. The molecule has 0 N–H and O–H groups in total. The molecule has 0 unspecified atom stereocenters. The minimum absolute atomic E-state index is 0.00933. The van der Waals surface area contributed by atoms with E-state index in [9.17, 15) is 4.79 Å². The minimum Gasteiger partial charge on any atom is -0.448 e. The second-order valence-electron chi connectivity index (χ2n) is 7.02. The number of carbonyl (C=O) groups excluding carboxylic acids is 1. The number of ether oxygens (including phenoxy) is 2. The first-order valence-electron chi connectivity index (χ1n) is 8.25. The van der Waals surface area contributed by atoms with Gasteiger partial charge in [0.2, 0.25) is 0 Å². The summed E-state index contributed by atoms with van der Waals surface area (Å²) in [6.07, 6.45) is 2.93. The van der Waals surface area contributed by atoms with Gasteiger partial charge in [-0.3, -0.25) is 0 Å². The molecule has 0 aliphatic carbocycles. The van der Waals surface area contributed by atoms with Crippen LogP contribution in [0, 0.1) is 19.3 Å². The van der Waals surface area contributed by atoms with Crippen molar-refractivity contribution in [1.82, 2.24) is 9.55 Å². The van der Waals surface area contributed by atoms with Crippen molar-refractivity contribution in [3.05, 3.63) is 53.1 Å². The van der Waals surface area contributed by atoms with Gasteiger partial charge in [0.15, 0.2) is 0 Å². The van der Waals surface area contributed by atoms with E-state index < -0.39 is 0 Å². The Labute approximate surface area is 142 Å². The molecule has 1 aliphatic heterocycles. The lowest BCUT2D eigenvalue weighted by atomic mass is 9.90. The van der Waals surface area contributed by atoms with Crippen LogP contribution in [-0.2, 0) is 9.47 Å². The van der Waals surface area contributed by atoms with Gasteiger partial charge in [0.25, 0.3) is 0 Å². The highest BCUT2D eigenvalue weighted by molar-refractivity contribution is 5.71. The minimum atomic E-state index is -0.382. The normalized spacial score (nSPS) is 17.2. The first kappa shape index (κ1) is 16.7. The number of rotatable bonds is 4. The predicted molar refractivity (Wildman–Crippen MR) is 91.3 cm³/mol. The van der Waals surface area contributed by atoms with Gasteiger partial charge >= 0.3 is 6.09 Å². The summed E-state index contributed by atoms with van der Waals surface area (Å²) in [6, 6.07) is 6.22. The molecule has 2 aromatic rings. The van der Waals surface area contributed by atoms with Crippen molar-refractivity contribution in [3.63, 3.8) is 0 Å². The van der Waals surface area contributed by atoms with E-state index in [1.54, 1.807) is 12.4 Å². The van der Waals surface area contributed by atoms with E-state index in [0.717, 1.165) is 0 Å². The third-order valence-corrected chi connectivity index (χ3v) is 4.81. The largest absolute Gasteiger partial charge is 0.448 e. The van der Waals surface area contributed by atoms with Gasteiger partial charge in [0.05, 0.1) is 13.2 Å². The molecule has 2 heterocycles. The van der Waals surface area contributed by atoms with E-state index in [0.29, 0.717) is 25.6 Å². The van der Waals surface area contributed by atoms with Crippen LogP contribution in [0.4, 0.5) is 4.79 Å². The molecule has 0 amide bonds. The van der Waals surface area contributed by atoms with Gasteiger partial charge in [-0.05, 0) is 30.5 Å². The lowest BCUT2D eigenvalue weighted by Crippen LogP contribution is -2.44. The third-order valence-electron chi connectivity index (χ3n) is 4.81. The van der Waals surface area contributed by atoms with Crippen molar-refractivity contribution in [1.29, 1.82) is 0 Å². The van der Waals surface area contributed by atoms with E-state index >= 15 is 0 Å². The van der Waals surface area contributed by atoms with Crippen LogP contribution in [0.5, 0.6) is 0 Å². The van der Waals surface area contributed by atoms with E-state index in [-0.39, 0.29) is 17.4 Å². The Hall–Kier alpha value is -2.14. The van der Waals surface area contributed by atoms with Crippen LogP contribution in [-0.4, -0.2) is 35.5 Å². The monoisotopic (exact) mass is 328 g/mol. The van der Waals surface area contributed by atoms with Crippen molar-refractivity contribution in [2.45, 2.75) is 33.6 Å². The molecular formula is C19H24N2O3. The van der Waals surface area contributed by atoms with Crippen LogP contribution in [0.3, 0.4) is 0 Å². The van der Waals surface area contributed by atoms with Gasteiger partial charge in [-0.25, -0.2) is 14.3 Å². The van der Waals surface area contributed by atoms with E-state index in [2.05, 4.69) is 44.8 Å². The molecule has 0 saturated carbocycles. The number of hydrogen-bond donors (Lipinski definition) is 0. The molecule has 0 bridgehead atoms. The second kappa shape index (κ2) is 6.40. The first-order chi connectivity index (χ1) is 11.4. The standard InChI is InChI=1S/C19H24N2O3/c1-13-6-5-7-16(14(13)2)15(3)17-20-8-9-21(17)18(22)24-12-19(4)10-23-11-19/h5-9,15H,10-12H2,1-4H3/t15-/m0/s1. The quantitative estimate of drug-likeness (QED) is 0.859. The Bertz CT molecular complexity index is 747. The van der Waals surface area contributed by atoms with E-state index in [1.165, 1.54) is 21.3 Å². The topological polar surface area (TPSA) is 53.4 Å². The van der Waals surface area contributed by atoms with Crippen LogP contribution in [0.2, 0.25) is 0 Å². The first-order valence-corrected chi connectivity index (χ1v) is 8.25. The SMILES string of the molecule is Cc1cccc([C@H](C)c2nccn2C(=O)OCC2(C)COC2)c1C. The highest BCUT2D eigenvalue weighted by atomic mass is 16.6. The van der Waals surface area contributed by atoms with Gasteiger partial charge in [-0.1, -0.05) is 32.0 Å². The van der Waals surface area contributed by atoms with Crippen LogP contribution in [0.1, 0.15) is 42.3 Å². The summed E-state index contributed by atoms with van der Waals surface area (Å²) in [5.74, 6) is 0.707. The summed E-state index contributed by atoms with van der Waals surface area (Å²) in [4.78, 5) is 16.9. The smallest absolute Gasteiger partial charge is 0.419 e. The van der Waals surface area contributed by atoms with Crippen LogP contribution < -0.4 is 0 Å². The number of aromatic nitrogens is 2. The molecule has 1 aliphatic rings. The van der Waals surface area contributed by atoms with Gasteiger partial charge in [0, 0.05) is 23.7 Å². The Morgan fingerprint density at radius 2 is 2.17 bits per heavy atom. The second-order valence-corrected chi connectivity index (χ2v) is 7.02. The summed E-state index contributed by atoms with van der Waals surface area (Å²) >= 11 is 0. The number of carbonyl (C=O) groups is 1. The predicted octanol–water partition coefficient (Wildman–Crippen LogP) is 3.67. The fourth-order valence-corrected chi connectivity index (χ4v) is 3.01. The molecule has 0 spiro atoms. The molecule has 3 rings (SSSR count). The molecule has 1 fully saturated rings. The zero-order valence-corrected chi connectivity index (χ0v) is 14.7. The summed E-state index contributed by atoms with van der Waals surface area (Å²) < 4.78 is 12.2. The molecule has 128 valence electrons. The number of imidazole rings is 1. The van der Waals surface area contributed by atoms with Crippen LogP contribution >= 0.6 is 0 Å². The number of benzene rings is 1.